The molecule has 1 fully saturated rings. The van der Waals surface area contributed by atoms with Gasteiger partial charge in [-0.25, -0.2) is 4.79 Å². The van der Waals surface area contributed by atoms with Crippen LogP contribution in [0.5, 0.6) is 17.2 Å². The lowest BCUT2D eigenvalue weighted by molar-refractivity contribution is 0.0530. The molecule has 7 heteroatoms. The van der Waals surface area contributed by atoms with Crippen LogP contribution in [0.2, 0.25) is 0 Å². The number of urea groups is 1. The summed E-state index contributed by atoms with van der Waals surface area (Å²) in [5.74, 6) is 2.10. The van der Waals surface area contributed by atoms with Crippen molar-refractivity contribution in [2.45, 2.75) is 0 Å². The molecule has 0 bridgehead atoms. The molecule has 21 heavy (non-hydrogen) atoms. The first-order chi connectivity index (χ1) is 10.3. The van der Waals surface area contributed by atoms with Gasteiger partial charge >= 0.3 is 6.03 Å². The van der Waals surface area contributed by atoms with Crippen LogP contribution in [-0.4, -0.2) is 57.2 Å². The molecule has 0 aliphatic carbocycles. The lowest BCUT2D eigenvalue weighted by atomic mass is 10.3. The van der Waals surface area contributed by atoms with Crippen LogP contribution in [0, 0.1) is 0 Å². The van der Waals surface area contributed by atoms with Crippen molar-refractivity contribution in [2.75, 3.05) is 46.2 Å². The number of hydrogen-bond acceptors (Lipinski definition) is 5. The normalized spacial score (nSPS) is 16.7. The van der Waals surface area contributed by atoms with Crippen LogP contribution in [0.4, 0.5) is 4.79 Å². The summed E-state index contributed by atoms with van der Waals surface area (Å²) in [7, 11) is 0. The van der Waals surface area contributed by atoms with Gasteiger partial charge in [-0.3, -0.25) is 0 Å². The van der Waals surface area contributed by atoms with E-state index in [1.807, 2.05) is 12.1 Å². The molecular weight excluding hydrogens is 276 g/mol. The van der Waals surface area contributed by atoms with E-state index in [9.17, 15) is 4.79 Å². The average molecular weight is 294 g/mol. The van der Waals surface area contributed by atoms with E-state index in [1.54, 1.807) is 11.0 Å². The molecule has 1 aromatic rings. The smallest absolute Gasteiger partial charge is 0.317 e. The van der Waals surface area contributed by atoms with Gasteiger partial charge in [-0.05, 0) is 12.1 Å². The molecule has 1 aromatic carbocycles. The summed E-state index contributed by atoms with van der Waals surface area (Å²) in [6.07, 6.45) is 0. The molecule has 0 saturated carbocycles. The van der Waals surface area contributed by atoms with Crippen molar-refractivity contribution in [1.82, 2.24) is 10.2 Å². The fourth-order valence-electron chi connectivity index (χ4n) is 2.17. The average Bonchev–Trinajstić information content (AvgIpc) is 3.00. The molecule has 0 aromatic heterocycles. The molecule has 0 atom stereocenters. The van der Waals surface area contributed by atoms with Crippen molar-refractivity contribution in [3.63, 3.8) is 0 Å². The van der Waals surface area contributed by atoms with Gasteiger partial charge in [0.05, 0.1) is 19.8 Å². The second-order valence-corrected chi connectivity index (χ2v) is 4.69. The van der Waals surface area contributed by atoms with Crippen LogP contribution in [-0.2, 0) is 4.74 Å². The number of benzene rings is 1. The first-order valence-electron chi connectivity index (χ1n) is 6.96. The standard InChI is InChI=1S/C14H18N2O5/c17-14(16-4-7-18-8-5-16)15-3-6-19-11-1-2-12-13(9-11)21-10-20-12/h1-2,9H,3-8,10H2,(H,15,17). The molecule has 2 heterocycles. The molecule has 2 amide bonds. The number of amides is 2. The highest BCUT2D eigenvalue weighted by molar-refractivity contribution is 5.74. The third-order valence-electron chi connectivity index (χ3n) is 3.29. The van der Waals surface area contributed by atoms with Gasteiger partial charge in [-0.15, -0.1) is 0 Å². The minimum atomic E-state index is -0.0763. The number of carbonyl (C=O) groups is 1. The summed E-state index contributed by atoms with van der Waals surface area (Å²) in [5.41, 5.74) is 0. The van der Waals surface area contributed by atoms with Crippen LogP contribution >= 0.6 is 0 Å². The van der Waals surface area contributed by atoms with Gasteiger partial charge in [0.15, 0.2) is 11.5 Å². The van der Waals surface area contributed by atoms with E-state index >= 15 is 0 Å². The number of ether oxygens (including phenoxy) is 4. The largest absolute Gasteiger partial charge is 0.492 e. The Morgan fingerprint density at radius 2 is 2.05 bits per heavy atom. The van der Waals surface area contributed by atoms with Crippen molar-refractivity contribution in [1.29, 1.82) is 0 Å². The van der Waals surface area contributed by atoms with Gasteiger partial charge < -0.3 is 29.2 Å². The van der Waals surface area contributed by atoms with Gasteiger partial charge in [0.1, 0.15) is 12.4 Å². The zero-order valence-electron chi connectivity index (χ0n) is 11.7. The number of rotatable bonds is 4. The molecule has 7 nitrogen and oxygen atoms in total. The van der Waals surface area contributed by atoms with E-state index in [4.69, 9.17) is 18.9 Å². The first kappa shape index (κ1) is 13.8. The van der Waals surface area contributed by atoms with Crippen molar-refractivity contribution in [3.05, 3.63) is 18.2 Å². The Morgan fingerprint density at radius 1 is 1.24 bits per heavy atom. The number of nitrogens with zero attached hydrogens (tertiary/aromatic N) is 1. The molecular formula is C14H18N2O5. The molecule has 3 rings (SSSR count). The highest BCUT2D eigenvalue weighted by Crippen LogP contribution is 2.34. The van der Waals surface area contributed by atoms with E-state index in [2.05, 4.69) is 5.32 Å². The molecule has 114 valence electrons. The van der Waals surface area contributed by atoms with Gasteiger partial charge in [0.2, 0.25) is 6.79 Å². The van der Waals surface area contributed by atoms with Crippen LogP contribution in [0.1, 0.15) is 0 Å². The predicted octanol–water partition coefficient (Wildman–Crippen LogP) is 0.836. The van der Waals surface area contributed by atoms with Crippen molar-refractivity contribution >= 4 is 6.03 Å². The minimum Gasteiger partial charge on any atom is -0.492 e. The summed E-state index contributed by atoms with van der Waals surface area (Å²) in [4.78, 5) is 13.6. The fraction of sp³-hybridized carbons (Fsp3) is 0.500. The monoisotopic (exact) mass is 294 g/mol. The lowest BCUT2D eigenvalue weighted by Gasteiger charge is -2.26. The molecule has 1 saturated heterocycles. The van der Waals surface area contributed by atoms with E-state index in [1.165, 1.54) is 0 Å². The SMILES string of the molecule is O=C(NCCOc1ccc2c(c1)OCO2)N1CCOCC1. The number of fused-ring (bicyclic) bond motifs is 1. The molecule has 0 spiro atoms. The number of carbonyl (C=O) groups excluding carboxylic acids is 1. The zero-order chi connectivity index (χ0) is 14.5. The molecule has 0 unspecified atom stereocenters. The van der Waals surface area contributed by atoms with Crippen LogP contribution < -0.4 is 19.5 Å². The molecule has 2 aliphatic rings. The Morgan fingerprint density at radius 3 is 2.90 bits per heavy atom. The van der Waals surface area contributed by atoms with Gasteiger partial charge in [0.25, 0.3) is 0 Å². The Hall–Kier alpha value is -2.15. The zero-order valence-corrected chi connectivity index (χ0v) is 11.7. The van der Waals surface area contributed by atoms with E-state index in [0.717, 1.165) is 5.75 Å². The van der Waals surface area contributed by atoms with Crippen molar-refractivity contribution in [2.24, 2.45) is 0 Å². The maximum absolute atomic E-state index is 11.8. The summed E-state index contributed by atoms with van der Waals surface area (Å²) in [6, 6.07) is 5.33. The summed E-state index contributed by atoms with van der Waals surface area (Å²) in [6.45, 7) is 3.56. The van der Waals surface area contributed by atoms with Gasteiger partial charge in [-0.2, -0.15) is 0 Å². The second-order valence-electron chi connectivity index (χ2n) is 4.69. The maximum atomic E-state index is 11.8. The summed E-state index contributed by atoms with van der Waals surface area (Å²) < 4.78 is 21.3. The highest BCUT2D eigenvalue weighted by Gasteiger charge is 2.16. The van der Waals surface area contributed by atoms with E-state index < -0.39 is 0 Å². The van der Waals surface area contributed by atoms with Crippen molar-refractivity contribution < 1.29 is 23.7 Å². The number of nitrogens with one attached hydrogen (secondary N) is 1. The van der Waals surface area contributed by atoms with Crippen LogP contribution in [0.25, 0.3) is 0 Å². The molecule has 2 aliphatic heterocycles. The van der Waals surface area contributed by atoms with E-state index in [-0.39, 0.29) is 12.8 Å². The Balaban J connectivity index is 1.39. The lowest BCUT2D eigenvalue weighted by Crippen LogP contribution is -2.47. The quantitative estimate of drug-likeness (QED) is 0.833. The van der Waals surface area contributed by atoms with Crippen molar-refractivity contribution in [3.8, 4) is 17.2 Å². The first-order valence-corrected chi connectivity index (χ1v) is 6.96. The molecule has 0 radical (unpaired) electrons. The number of hydrogen-bond donors (Lipinski definition) is 1. The Labute approximate surface area is 122 Å². The highest BCUT2D eigenvalue weighted by atomic mass is 16.7. The topological polar surface area (TPSA) is 69.3 Å². The third kappa shape index (κ3) is 3.49. The number of morpholine rings is 1. The third-order valence-corrected chi connectivity index (χ3v) is 3.29. The summed E-state index contributed by atoms with van der Waals surface area (Å²) in [5, 5.41) is 2.83. The van der Waals surface area contributed by atoms with E-state index in [0.29, 0.717) is 51.0 Å². The second kappa shape index (κ2) is 6.53. The summed E-state index contributed by atoms with van der Waals surface area (Å²) >= 11 is 0. The minimum absolute atomic E-state index is 0.0763. The Kier molecular flexibility index (Phi) is 4.30. The van der Waals surface area contributed by atoms with Crippen LogP contribution in [0.15, 0.2) is 18.2 Å². The van der Waals surface area contributed by atoms with Gasteiger partial charge in [-0.1, -0.05) is 0 Å². The Bertz CT molecular complexity index is 502. The maximum Gasteiger partial charge on any atom is 0.317 e. The fourth-order valence-corrected chi connectivity index (χ4v) is 2.17. The van der Waals surface area contributed by atoms with Gasteiger partial charge in [0, 0.05) is 19.2 Å². The van der Waals surface area contributed by atoms with Crippen LogP contribution in [0.3, 0.4) is 0 Å². The predicted molar refractivity (Wildman–Crippen MR) is 73.9 cm³/mol. The molecule has 1 N–H and O–H groups in total.